The van der Waals surface area contributed by atoms with Crippen molar-refractivity contribution >= 4 is 17.4 Å². The summed E-state index contributed by atoms with van der Waals surface area (Å²) in [6, 6.07) is 6.82. The summed E-state index contributed by atoms with van der Waals surface area (Å²) < 4.78 is 33.3. The van der Waals surface area contributed by atoms with E-state index in [0.717, 1.165) is 12.1 Å². The highest BCUT2D eigenvalue weighted by Crippen LogP contribution is 2.30. The Morgan fingerprint density at radius 2 is 1.97 bits per heavy atom. The van der Waals surface area contributed by atoms with E-state index in [1.54, 1.807) is 12.1 Å². The number of aliphatic hydroxyl groups is 1. The van der Waals surface area contributed by atoms with Crippen LogP contribution in [0.3, 0.4) is 0 Å². The lowest BCUT2D eigenvalue weighted by Crippen LogP contribution is -2.14. The average Bonchev–Trinajstić information content (AvgIpc) is 3.10. The lowest BCUT2D eigenvalue weighted by Gasteiger charge is -2.12. The molecule has 4 rings (SSSR count). The minimum absolute atomic E-state index is 0.110. The van der Waals surface area contributed by atoms with Crippen LogP contribution in [-0.4, -0.2) is 39.4 Å². The number of aliphatic hydroxyl groups excluding tert-OH is 1. The maximum atomic E-state index is 14.2. The number of methoxy groups -OCH3 is 1. The highest BCUT2D eigenvalue weighted by Gasteiger charge is 2.28. The second-order valence-electron chi connectivity index (χ2n) is 6.55. The molecule has 3 heterocycles. The third-order valence-electron chi connectivity index (χ3n) is 4.56. The van der Waals surface area contributed by atoms with Gasteiger partial charge < -0.3 is 20.5 Å². The number of carbonyl (C=O) groups is 1. The van der Waals surface area contributed by atoms with Crippen LogP contribution in [0.4, 0.5) is 20.3 Å². The molecule has 0 bridgehead atoms. The molecule has 0 saturated heterocycles. The zero-order valence-corrected chi connectivity index (χ0v) is 15.8. The molecule has 30 heavy (non-hydrogen) atoms. The van der Waals surface area contributed by atoms with Crippen molar-refractivity contribution in [3.8, 4) is 11.4 Å². The Labute approximate surface area is 170 Å². The number of aromatic nitrogens is 3. The standard InChI is InChI=1S/C20H17F2N5O3/c1-30-15(28)7-10-5-6-11(8-23-10)25-19-17-14(9-24-20(17)29)26-18(27-19)16-12(21)3-2-4-13(16)22/h2-6,8,15,28H,7,9H2,1H3,(H,24,29)(H,25,26,27). The van der Waals surface area contributed by atoms with E-state index in [1.165, 1.54) is 19.4 Å². The number of anilines is 2. The molecular weight excluding hydrogens is 396 g/mol. The van der Waals surface area contributed by atoms with Crippen LogP contribution in [0.15, 0.2) is 36.5 Å². The number of pyridine rings is 1. The predicted octanol–water partition coefficient (Wildman–Crippen LogP) is 2.31. The molecule has 2 aromatic heterocycles. The van der Waals surface area contributed by atoms with E-state index in [4.69, 9.17) is 4.74 Å². The number of hydrogen-bond donors (Lipinski definition) is 3. The molecule has 0 radical (unpaired) electrons. The summed E-state index contributed by atoms with van der Waals surface area (Å²) in [6.45, 7) is 0.126. The second kappa shape index (κ2) is 8.09. The number of fused-ring (bicyclic) bond motifs is 1. The lowest BCUT2D eigenvalue weighted by molar-refractivity contribution is -0.0726. The van der Waals surface area contributed by atoms with Crippen molar-refractivity contribution in [2.75, 3.05) is 12.4 Å². The fourth-order valence-corrected chi connectivity index (χ4v) is 3.06. The van der Waals surface area contributed by atoms with E-state index in [2.05, 4.69) is 25.6 Å². The largest absolute Gasteiger partial charge is 0.368 e. The molecule has 1 amide bonds. The van der Waals surface area contributed by atoms with Gasteiger partial charge in [0.05, 0.1) is 29.7 Å². The molecule has 8 nitrogen and oxygen atoms in total. The quantitative estimate of drug-likeness (QED) is 0.532. The average molecular weight is 413 g/mol. The summed E-state index contributed by atoms with van der Waals surface area (Å²) in [7, 11) is 1.39. The molecule has 0 spiro atoms. The number of amides is 1. The van der Waals surface area contributed by atoms with E-state index in [0.29, 0.717) is 17.1 Å². The van der Waals surface area contributed by atoms with Crippen molar-refractivity contribution < 1.29 is 23.4 Å². The van der Waals surface area contributed by atoms with E-state index in [1.807, 2.05) is 0 Å². The van der Waals surface area contributed by atoms with Crippen molar-refractivity contribution in [1.29, 1.82) is 0 Å². The van der Waals surface area contributed by atoms with Gasteiger partial charge in [-0.2, -0.15) is 0 Å². The van der Waals surface area contributed by atoms with Crippen LogP contribution < -0.4 is 10.6 Å². The van der Waals surface area contributed by atoms with Crippen LogP contribution in [0.2, 0.25) is 0 Å². The van der Waals surface area contributed by atoms with Crippen LogP contribution in [0, 0.1) is 11.6 Å². The van der Waals surface area contributed by atoms with Gasteiger partial charge in [0.15, 0.2) is 12.1 Å². The summed E-state index contributed by atoms with van der Waals surface area (Å²) in [5.74, 6) is -2.06. The van der Waals surface area contributed by atoms with Crippen LogP contribution in [-0.2, 0) is 17.7 Å². The minimum atomic E-state index is -0.969. The van der Waals surface area contributed by atoms with Gasteiger partial charge in [0.1, 0.15) is 23.0 Å². The third-order valence-corrected chi connectivity index (χ3v) is 4.56. The maximum absolute atomic E-state index is 14.2. The topological polar surface area (TPSA) is 109 Å². The minimum Gasteiger partial charge on any atom is -0.368 e. The Morgan fingerprint density at radius 3 is 2.63 bits per heavy atom. The maximum Gasteiger partial charge on any atom is 0.257 e. The number of ether oxygens (including phenoxy) is 1. The van der Waals surface area contributed by atoms with E-state index >= 15 is 0 Å². The molecule has 3 N–H and O–H groups in total. The monoisotopic (exact) mass is 413 g/mol. The van der Waals surface area contributed by atoms with Crippen molar-refractivity contribution in [2.24, 2.45) is 0 Å². The van der Waals surface area contributed by atoms with Crippen molar-refractivity contribution in [2.45, 2.75) is 19.3 Å². The highest BCUT2D eigenvalue weighted by molar-refractivity contribution is 6.03. The van der Waals surface area contributed by atoms with Gasteiger partial charge in [0.2, 0.25) is 0 Å². The summed E-state index contributed by atoms with van der Waals surface area (Å²) >= 11 is 0. The van der Waals surface area contributed by atoms with Gasteiger partial charge in [-0.15, -0.1) is 0 Å². The summed E-state index contributed by atoms with van der Waals surface area (Å²) in [5, 5.41) is 15.1. The van der Waals surface area contributed by atoms with Gasteiger partial charge in [0, 0.05) is 19.2 Å². The molecule has 10 heteroatoms. The Kier molecular flexibility index (Phi) is 5.34. The number of rotatable bonds is 6. The first kappa shape index (κ1) is 19.8. The second-order valence-corrected chi connectivity index (χ2v) is 6.55. The Morgan fingerprint density at radius 1 is 1.20 bits per heavy atom. The first-order valence-electron chi connectivity index (χ1n) is 9.02. The molecule has 1 aromatic carbocycles. The van der Waals surface area contributed by atoms with Crippen LogP contribution >= 0.6 is 0 Å². The van der Waals surface area contributed by atoms with Crippen molar-refractivity contribution in [1.82, 2.24) is 20.3 Å². The predicted molar refractivity (Wildman–Crippen MR) is 103 cm³/mol. The number of benzene rings is 1. The number of nitrogens with one attached hydrogen (secondary N) is 2. The number of nitrogens with zero attached hydrogens (tertiary/aromatic N) is 3. The van der Waals surface area contributed by atoms with Gasteiger partial charge in [-0.05, 0) is 24.3 Å². The van der Waals surface area contributed by atoms with Crippen molar-refractivity contribution in [3.05, 3.63) is 65.1 Å². The number of carbonyl (C=O) groups excluding carboxylic acids is 1. The van der Waals surface area contributed by atoms with Crippen LogP contribution in [0.5, 0.6) is 0 Å². The molecule has 0 aliphatic carbocycles. The molecule has 1 atom stereocenters. The lowest BCUT2D eigenvalue weighted by atomic mass is 10.1. The molecule has 3 aromatic rings. The van der Waals surface area contributed by atoms with Gasteiger partial charge >= 0.3 is 0 Å². The third kappa shape index (κ3) is 3.82. The Hall–Kier alpha value is -3.50. The van der Waals surface area contributed by atoms with Crippen molar-refractivity contribution in [3.63, 3.8) is 0 Å². The summed E-state index contributed by atoms with van der Waals surface area (Å²) in [5.41, 5.74) is 1.25. The van der Waals surface area contributed by atoms with Gasteiger partial charge in [-0.1, -0.05) is 6.07 Å². The number of hydrogen-bond acceptors (Lipinski definition) is 7. The molecule has 1 unspecified atom stereocenters. The molecule has 0 fully saturated rings. The summed E-state index contributed by atoms with van der Waals surface area (Å²) in [6.07, 6.45) is 0.727. The van der Waals surface area contributed by atoms with E-state index < -0.39 is 17.9 Å². The molecule has 1 aliphatic rings. The van der Waals surface area contributed by atoms with Crippen LogP contribution in [0.1, 0.15) is 21.7 Å². The van der Waals surface area contributed by atoms with Gasteiger partial charge in [-0.25, -0.2) is 18.7 Å². The van der Waals surface area contributed by atoms with E-state index in [9.17, 15) is 18.7 Å². The van der Waals surface area contributed by atoms with Gasteiger partial charge in [0.25, 0.3) is 5.91 Å². The normalized spacial score (nSPS) is 13.7. The summed E-state index contributed by atoms with van der Waals surface area (Å²) in [4.78, 5) is 24.8. The van der Waals surface area contributed by atoms with E-state index in [-0.39, 0.29) is 41.6 Å². The zero-order chi connectivity index (χ0) is 21.3. The fraction of sp³-hybridized carbons (Fsp3) is 0.200. The van der Waals surface area contributed by atoms with Crippen LogP contribution in [0.25, 0.3) is 11.4 Å². The molecule has 0 saturated carbocycles. The first-order chi connectivity index (χ1) is 14.5. The molecular formula is C20H17F2N5O3. The zero-order valence-electron chi connectivity index (χ0n) is 15.8. The Bertz CT molecular complexity index is 1090. The molecule has 154 valence electrons. The Balaban J connectivity index is 1.71. The highest BCUT2D eigenvalue weighted by atomic mass is 19.1. The fourth-order valence-electron chi connectivity index (χ4n) is 3.06. The first-order valence-corrected chi connectivity index (χ1v) is 9.02. The number of halogens is 2. The smallest absolute Gasteiger partial charge is 0.257 e. The SMILES string of the molecule is COC(O)Cc1ccc(Nc2nc(-c3c(F)cccc3F)nc3c2C(=O)NC3)cn1. The molecule has 1 aliphatic heterocycles. The van der Waals surface area contributed by atoms with Gasteiger partial charge in [-0.3, -0.25) is 9.78 Å².